The first-order valence-electron chi connectivity index (χ1n) is 14.1. The molecule has 4 aliphatic carbocycles. The molecule has 0 spiro atoms. The number of carbonyl (C=O) groups is 4. The number of methoxy groups -OCH3 is 1. The average molecular weight is 516 g/mol. The summed E-state index contributed by atoms with van der Waals surface area (Å²) in [7, 11) is 1.26. The Hall–Kier alpha value is -2.22. The Morgan fingerprint density at radius 1 is 1.05 bits per heavy atom. The van der Waals surface area contributed by atoms with Crippen LogP contribution in [-0.4, -0.2) is 65.5 Å². The van der Waals surface area contributed by atoms with E-state index in [1.54, 1.807) is 0 Å². The van der Waals surface area contributed by atoms with Gasteiger partial charge in [-0.05, 0) is 74.2 Å². The maximum atomic E-state index is 12.8. The number of hydrogen-bond donors (Lipinski definition) is 1. The fourth-order valence-corrected chi connectivity index (χ4v) is 8.72. The molecular weight excluding hydrogens is 474 g/mol. The number of likely N-dealkylation sites (tertiary alicyclic amines) is 1. The highest BCUT2D eigenvalue weighted by Gasteiger charge is 2.60. The van der Waals surface area contributed by atoms with Gasteiger partial charge in [-0.1, -0.05) is 19.4 Å². The van der Waals surface area contributed by atoms with Crippen molar-refractivity contribution < 1.29 is 33.8 Å². The van der Waals surface area contributed by atoms with Gasteiger partial charge in [-0.15, -0.1) is 0 Å². The van der Waals surface area contributed by atoms with Crippen LogP contribution >= 0.6 is 0 Å². The molecule has 5 aliphatic rings. The van der Waals surface area contributed by atoms with Gasteiger partial charge in [0, 0.05) is 31.2 Å². The number of nitrogens with zero attached hydrogens (tertiary/aromatic N) is 1. The summed E-state index contributed by atoms with van der Waals surface area (Å²) in [4.78, 5) is 51.0. The Bertz CT molecular complexity index is 1010. The Morgan fingerprint density at radius 3 is 2.59 bits per heavy atom. The Balaban J connectivity index is 1.19. The second-order valence-corrected chi connectivity index (χ2v) is 12.5. The number of ether oxygens (including phenoxy) is 2. The molecule has 1 heterocycles. The number of fused-ring (bicyclic) bond motifs is 5. The molecule has 1 aliphatic heterocycles. The van der Waals surface area contributed by atoms with Crippen molar-refractivity contribution in [2.45, 2.75) is 103 Å². The van der Waals surface area contributed by atoms with E-state index in [2.05, 4.69) is 13.8 Å². The van der Waals surface area contributed by atoms with Crippen LogP contribution in [0, 0.1) is 28.6 Å². The molecule has 8 atom stereocenters. The van der Waals surface area contributed by atoms with Gasteiger partial charge in [0.1, 0.15) is 12.1 Å². The van der Waals surface area contributed by atoms with Gasteiger partial charge in [-0.25, -0.2) is 4.79 Å². The van der Waals surface area contributed by atoms with Crippen LogP contribution in [-0.2, 0) is 28.7 Å². The van der Waals surface area contributed by atoms with Crippen molar-refractivity contribution in [2.75, 3.05) is 13.7 Å². The van der Waals surface area contributed by atoms with E-state index in [0.717, 1.165) is 44.9 Å². The lowest BCUT2D eigenvalue weighted by Gasteiger charge is -2.57. The van der Waals surface area contributed by atoms with Gasteiger partial charge in [-0.3, -0.25) is 14.4 Å². The van der Waals surface area contributed by atoms with Crippen molar-refractivity contribution in [3.05, 3.63) is 11.6 Å². The van der Waals surface area contributed by atoms with E-state index in [9.17, 15) is 24.3 Å². The van der Waals surface area contributed by atoms with Crippen LogP contribution in [0.2, 0.25) is 0 Å². The molecule has 0 unspecified atom stereocenters. The molecule has 37 heavy (non-hydrogen) atoms. The number of carbonyl (C=O) groups excluding carboxylic acids is 4. The molecule has 4 fully saturated rings. The summed E-state index contributed by atoms with van der Waals surface area (Å²) in [5.74, 6) is 0.703. The van der Waals surface area contributed by atoms with Crippen LogP contribution in [0.4, 0.5) is 0 Å². The van der Waals surface area contributed by atoms with Gasteiger partial charge in [0.15, 0.2) is 5.78 Å². The molecule has 5 rings (SSSR count). The Labute approximate surface area is 219 Å². The van der Waals surface area contributed by atoms with E-state index in [4.69, 9.17) is 9.47 Å². The van der Waals surface area contributed by atoms with Crippen molar-refractivity contribution in [3.8, 4) is 0 Å². The van der Waals surface area contributed by atoms with Crippen LogP contribution in [0.25, 0.3) is 0 Å². The molecule has 1 N–H and O–H groups in total. The summed E-state index contributed by atoms with van der Waals surface area (Å²) < 4.78 is 10.8. The molecule has 8 heteroatoms. The molecular formula is C29H41NO7. The first kappa shape index (κ1) is 26.4. The van der Waals surface area contributed by atoms with Gasteiger partial charge in [0.05, 0.1) is 19.6 Å². The number of rotatable bonds is 5. The van der Waals surface area contributed by atoms with E-state index in [-0.39, 0.29) is 60.4 Å². The maximum Gasteiger partial charge on any atom is 0.328 e. The first-order chi connectivity index (χ1) is 17.6. The van der Waals surface area contributed by atoms with Crippen LogP contribution in [0.5, 0.6) is 0 Å². The summed E-state index contributed by atoms with van der Waals surface area (Å²) in [6, 6.07) is -0.803. The standard InChI is InChI=1S/C29H41NO7/c1-28-12-10-18(31)14-17(28)4-5-20-21-6-7-24(29(21,2)13-11-22(20)28)37-26(34)9-8-25(33)30-16-19(32)15-23(30)27(35)36-3/h14,19-24,32H,4-13,15-16H2,1-3H3/t19-,20-,21+,22+,23-,24+,28+,29+/m1/s1. The van der Waals surface area contributed by atoms with Gasteiger partial charge >= 0.3 is 11.9 Å². The van der Waals surface area contributed by atoms with E-state index in [0.29, 0.717) is 24.2 Å². The fraction of sp³-hybridized carbons (Fsp3) is 0.793. The van der Waals surface area contributed by atoms with E-state index in [1.807, 2.05) is 6.08 Å². The number of allylic oxidation sites excluding steroid dienone is 1. The highest BCUT2D eigenvalue weighted by molar-refractivity contribution is 5.91. The lowest BCUT2D eigenvalue weighted by Crippen LogP contribution is -2.51. The van der Waals surface area contributed by atoms with E-state index in [1.165, 1.54) is 17.6 Å². The molecule has 3 saturated carbocycles. The number of β-amino-alcohol motifs (C(OH)–C–C–N with tert-alkyl or cyclic N) is 1. The number of esters is 2. The van der Waals surface area contributed by atoms with Crippen LogP contribution in [0.15, 0.2) is 11.6 Å². The smallest absolute Gasteiger partial charge is 0.328 e. The zero-order chi connectivity index (χ0) is 26.5. The van der Waals surface area contributed by atoms with Gasteiger partial charge in [-0.2, -0.15) is 0 Å². The monoisotopic (exact) mass is 515 g/mol. The zero-order valence-electron chi connectivity index (χ0n) is 22.4. The highest BCUT2D eigenvalue weighted by Crippen LogP contribution is 2.65. The van der Waals surface area contributed by atoms with Crippen molar-refractivity contribution >= 4 is 23.6 Å². The molecule has 204 valence electrons. The van der Waals surface area contributed by atoms with Gasteiger partial charge < -0.3 is 19.5 Å². The summed E-state index contributed by atoms with van der Waals surface area (Å²) in [5.41, 5.74) is 1.43. The summed E-state index contributed by atoms with van der Waals surface area (Å²) >= 11 is 0. The Kier molecular flexibility index (Phi) is 7.01. The zero-order valence-corrected chi connectivity index (χ0v) is 22.4. The lowest BCUT2D eigenvalue weighted by molar-refractivity contribution is -0.161. The summed E-state index contributed by atoms with van der Waals surface area (Å²) in [6.45, 7) is 4.73. The number of ketones is 1. The normalized spacial score (nSPS) is 40.8. The predicted octanol–water partition coefficient (Wildman–Crippen LogP) is 3.35. The molecule has 0 bridgehead atoms. The Morgan fingerprint density at radius 2 is 1.84 bits per heavy atom. The van der Waals surface area contributed by atoms with Crippen molar-refractivity contribution in [2.24, 2.45) is 28.6 Å². The lowest BCUT2D eigenvalue weighted by atomic mass is 9.47. The second kappa shape index (κ2) is 9.83. The SMILES string of the molecule is COC(=O)[C@H]1C[C@@H](O)CN1C(=O)CCC(=O)O[C@H]1CC[C@H]2[C@H]3CCC4=CC(=O)CC[C@]4(C)[C@H]3CC[C@]12C. The van der Waals surface area contributed by atoms with Gasteiger partial charge in [0.2, 0.25) is 5.91 Å². The fourth-order valence-electron chi connectivity index (χ4n) is 8.72. The molecule has 0 aromatic carbocycles. The minimum absolute atomic E-state index is 0.0388. The van der Waals surface area contributed by atoms with Gasteiger partial charge in [0.25, 0.3) is 0 Å². The third-order valence-corrected chi connectivity index (χ3v) is 10.8. The number of amides is 1. The minimum Gasteiger partial charge on any atom is -0.467 e. The van der Waals surface area contributed by atoms with Crippen molar-refractivity contribution in [1.29, 1.82) is 0 Å². The number of aliphatic hydroxyl groups is 1. The molecule has 0 aromatic rings. The second-order valence-electron chi connectivity index (χ2n) is 12.5. The topological polar surface area (TPSA) is 110 Å². The van der Waals surface area contributed by atoms with Crippen molar-refractivity contribution in [1.82, 2.24) is 4.90 Å². The quantitative estimate of drug-likeness (QED) is 0.559. The largest absolute Gasteiger partial charge is 0.467 e. The van der Waals surface area contributed by atoms with Crippen molar-refractivity contribution in [3.63, 3.8) is 0 Å². The third kappa shape index (κ3) is 4.53. The minimum atomic E-state index is -0.803. The average Bonchev–Trinajstić information content (AvgIpc) is 3.42. The van der Waals surface area contributed by atoms with Crippen LogP contribution < -0.4 is 0 Å². The molecule has 0 aromatic heterocycles. The molecule has 1 saturated heterocycles. The number of hydrogen-bond acceptors (Lipinski definition) is 7. The third-order valence-electron chi connectivity index (χ3n) is 10.8. The molecule has 8 nitrogen and oxygen atoms in total. The highest BCUT2D eigenvalue weighted by atomic mass is 16.5. The molecule has 1 amide bonds. The molecule has 0 radical (unpaired) electrons. The number of aliphatic hydroxyl groups excluding tert-OH is 1. The van der Waals surface area contributed by atoms with E-state index < -0.39 is 18.1 Å². The summed E-state index contributed by atoms with van der Waals surface area (Å²) in [6.07, 6.45) is 8.81. The predicted molar refractivity (Wildman–Crippen MR) is 134 cm³/mol. The summed E-state index contributed by atoms with van der Waals surface area (Å²) in [5, 5.41) is 9.93. The van der Waals surface area contributed by atoms with E-state index >= 15 is 0 Å². The maximum absolute atomic E-state index is 12.8. The first-order valence-corrected chi connectivity index (χ1v) is 14.1. The van der Waals surface area contributed by atoms with Crippen LogP contribution in [0.1, 0.15) is 84.5 Å². The van der Waals surface area contributed by atoms with Crippen LogP contribution in [0.3, 0.4) is 0 Å².